The molecule has 2 N–H and O–H groups in total. The van der Waals surface area contributed by atoms with Gasteiger partial charge in [0.1, 0.15) is 0 Å². The van der Waals surface area contributed by atoms with Crippen LogP contribution in [0.3, 0.4) is 0 Å². The van der Waals surface area contributed by atoms with Crippen LogP contribution in [-0.2, 0) is 11.3 Å². The summed E-state index contributed by atoms with van der Waals surface area (Å²) >= 11 is 1.57. The molecular formula is C11H20ClN3OS. The van der Waals surface area contributed by atoms with E-state index in [9.17, 15) is 4.79 Å². The Kier molecular flexibility index (Phi) is 7.34. The van der Waals surface area contributed by atoms with Crippen LogP contribution in [0.5, 0.6) is 0 Å². The number of aromatic nitrogens is 1. The number of nitrogens with two attached hydrogens (primary N) is 1. The molecule has 98 valence electrons. The van der Waals surface area contributed by atoms with Crippen LogP contribution < -0.4 is 5.73 Å². The summed E-state index contributed by atoms with van der Waals surface area (Å²) in [6.07, 6.45) is 1.67. The Labute approximate surface area is 113 Å². The average Bonchev–Trinajstić information content (AvgIpc) is 2.63. The Morgan fingerprint density at radius 3 is 2.76 bits per heavy atom. The molecule has 1 heterocycles. The van der Waals surface area contributed by atoms with Crippen molar-refractivity contribution in [3.05, 3.63) is 16.1 Å². The van der Waals surface area contributed by atoms with Crippen LogP contribution in [0.4, 0.5) is 0 Å². The second-order valence-electron chi connectivity index (χ2n) is 3.95. The van der Waals surface area contributed by atoms with Gasteiger partial charge in [-0.05, 0) is 13.3 Å². The zero-order valence-electron chi connectivity index (χ0n) is 10.5. The number of carbonyl (C=O) groups excluding carboxylic acids is 1. The highest BCUT2D eigenvalue weighted by molar-refractivity contribution is 7.09. The number of likely N-dealkylation sites (N-methyl/N-ethyl adjacent to an activating group) is 1. The van der Waals surface area contributed by atoms with Crippen molar-refractivity contribution in [3.8, 4) is 0 Å². The monoisotopic (exact) mass is 277 g/mol. The van der Waals surface area contributed by atoms with Crippen molar-refractivity contribution >= 4 is 29.7 Å². The maximum Gasteiger partial charge on any atom is 0.239 e. The Bertz CT molecular complexity index is 356. The minimum absolute atomic E-state index is 0. The van der Waals surface area contributed by atoms with Gasteiger partial charge in [-0.1, -0.05) is 13.3 Å². The highest BCUT2D eigenvalue weighted by Crippen LogP contribution is 2.14. The van der Waals surface area contributed by atoms with Gasteiger partial charge in [0.2, 0.25) is 5.91 Å². The number of thiazole rings is 1. The number of carbonyl (C=O) groups is 1. The first-order chi connectivity index (χ1) is 7.56. The van der Waals surface area contributed by atoms with E-state index in [0.717, 1.165) is 23.4 Å². The minimum Gasteiger partial charge on any atom is -0.339 e. The number of hydrogen-bond donors (Lipinski definition) is 1. The first-order valence-electron chi connectivity index (χ1n) is 5.45. The predicted octanol–water partition coefficient (Wildman–Crippen LogP) is 1.96. The third-order valence-electron chi connectivity index (χ3n) is 2.52. The van der Waals surface area contributed by atoms with Crippen molar-refractivity contribution < 1.29 is 4.79 Å². The normalized spacial score (nSPS) is 11.8. The van der Waals surface area contributed by atoms with Gasteiger partial charge in [0.15, 0.2) is 0 Å². The van der Waals surface area contributed by atoms with E-state index >= 15 is 0 Å². The molecule has 1 atom stereocenters. The van der Waals surface area contributed by atoms with E-state index in [-0.39, 0.29) is 24.4 Å². The Morgan fingerprint density at radius 1 is 1.65 bits per heavy atom. The third kappa shape index (κ3) is 4.61. The van der Waals surface area contributed by atoms with Crippen LogP contribution in [0, 0.1) is 6.92 Å². The SMILES string of the molecule is CCCC(N)C(=O)N(C)Cc1scnc1C.Cl. The van der Waals surface area contributed by atoms with Crippen LogP contribution in [-0.4, -0.2) is 28.9 Å². The summed E-state index contributed by atoms with van der Waals surface area (Å²) in [6, 6.07) is -0.372. The van der Waals surface area contributed by atoms with Crippen molar-refractivity contribution in [2.45, 2.75) is 39.3 Å². The molecule has 0 fully saturated rings. The largest absolute Gasteiger partial charge is 0.339 e. The van der Waals surface area contributed by atoms with Crippen LogP contribution in [0.2, 0.25) is 0 Å². The summed E-state index contributed by atoms with van der Waals surface area (Å²) in [5, 5.41) is 0. The standard InChI is InChI=1S/C11H19N3OS.ClH/c1-4-5-9(12)11(15)14(3)6-10-8(2)13-7-16-10;/h7,9H,4-6,12H2,1-3H3;1H. The number of rotatable bonds is 5. The number of aryl methyl sites for hydroxylation is 1. The van der Waals surface area contributed by atoms with Crippen LogP contribution in [0.15, 0.2) is 5.51 Å². The van der Waals surface area contributed by atoms with Crippen LogP contribution in [0.25, 0.3) is 0 Å². The Morgan fingerprint density at radius 2 is 2.29 bits per heavy atom. The lowest BCUT2D eigenvalue weighted by Crippen LogP contribution is -2.41. The molecule has 0 radical (unpaired) electrons. The van der Waals surface area contributed by atoms with E-state index in [1.165, 1.54) is 0 Å². The number of hydrogen-bond acceptors (Lipinski definition) is 4. The molecule has 0 saturated carbocycles. The van der Waals surface area contributed by atoms with E-state index in [2.05, 4.69) is 4.98 Å². The van der Waals surface area contributed by atoms with E-state index < -0.39 is 0 Å². The number of amides is 1. The molecule has 0 spiro atoms. The topological polar surface area (TPSA) is 59.2 Å². The van der Waals surface area contributed by atoms with Gasteiger partial charge in [0, 0.05) is 11.9 Å². The molecule has 0 bridgehead atoms. The summed E-state index contributed by atoms with van der Waals surface area (Å²) in [7, 11) is 1.79. The molecular weight excluding hydrogens is 258 g/mol. The second kappa shape index (κ2) is 7.63. The fourth-order valence-corrected chi connectivity index (χ4v) is 2.32. The summed E-state index contributed by atoms with van der Waals surface area (Å²) in [5.41, 5.74) is 8.59. The lowest BCUT2D eigenvalue weighted by Gasteiger charge is -2.20. The van der Waals surface area contributed by atoms with Crippen molar-refractivity contribution in [3.63, 3.8) is 0 Å². The molecule has 1 rings (SSSR count). The average molecular weight is 278 g/mol. The van der Waals surface area contributed by atoms with Crippen molar-refractivity contribution in [1.82, 2.24) is 9.88 Å². The van der Waals surface area contributed by atoms with Gasteiger partial charge in [0.25, 0.3) is 0 Å². The van der Waals surface area contributed by atoms with E-state index in [1.54, 1.807) is 28.8 Å². The first kappa shape index (κ1) is 16.4. The molecule has 0 aliphatic heterocycles. The molecule has 1 amide bonds. The maximum atomic E-state index is 11.9. The Hall–Kier alpha value is -0.650. The molecule has 17 heavy (non-hydrogen) atoms. The zero-order valence-corrected chi connectivity index (χ0v) is 12.1. The van der Waals surface area contributed by atoms with Gasteiger partial charge in [0.05, 0.1) is 23.8 Å². The van der Waals surface area contributed by atoms with Gasteiger partial charge in [-0.15, -0.1) is 23.7 Å². The summed E-state index contributed by atoms with van der Waals surface area (Å²) < 4.78 is 0. The van der Waals surface area contributed by atoms with Crippen LogP contribution in [0.1, 0.15) is 30.3 Å². The molecule has 6 heteroatoms. The molecule has 1 aromatic heterocycles. The minimum atomic E-state index is -0.372. The molecule has 0 saturated heterocycles. The smallest absolute Gasteiger partial charge is 0.239 e. The van der Waals surface area contributed by atoms with E-state index in [4.69, 9.17) is 5.73 Å². The summed E-state index contributed by atoms with van der Waals surface area (Å²) in [5.74, 6) is 0.00894. The summed E-state index contributed by atoms with van der Waals surface area (Å²) in [6.45, 7) is 4.59. The molecule has 0 aliphatic rings. The van der Waals surface area contributed by atoms with Gasteiger partial charge in [-0.3, -0.25) is 4.79 Å². The summed E-state index contributed by atoms with van der Waals surface area (Å²) in [4.78, 5) is 18.8. The first-order valence-corrected chi connectivity index (χ1v) is 6.33. The molecule has 4 nitrogen and oxygen atoms in total. The fourth-order valence-electron chi connectivity index (χ4n) is 1.49. The van der Waals surface area contributed by atoms with Crippen molar-refractivity contribution in [2.75, 3.05) is 7.05 Å². The van der Waals surface area contributed by atoms with Gasteiger partial charge in [-0.2, -0.15) is 0 Å². The van der Waals surface area contributed by atoms with Gasteiger partial charge >= 0.3 is 0 Å². The zero-order chi connectivity index (χ0) is 12.1. The molecule has 1 unspecified atom stereocenters. The number of nitrogens with zero attached hydrogens (tertiary/aromatic N) is 2. The molecule has 0 aliphatic carbocycles. The van der Waals surface area contributed by atoms with Gasteiger partial charge in [-0.25, -0.2) is 4.98 Å². The number of halogens is 1. The quantitative estimate of drug-likeness (QED) is 0.895. The van der Waals surface area contributed by atoms with Crippen molar-refractivity contribution in [2.24, 2.45) is 5.73 Å². The third-order valence-corrected chi connectivity index (χ3v) is 3.44. The Balaban J connectivity index is 0.00000256. The lowest BCUT2D eigenvalue weighted by molar-refractivity contribution is -0.131. The molecule has 0 aromatic carbocycles. The highest BCUT2D eigenvalue weighted by atomic mass is 35.5. The fraction of sp³-hybridized carbons (Fsp3) is 0.636. The van der Waals surface area contributed by atoms with Gasteiger partial charge < -0.3 is 10.6 Å². The van der Waals surface area contributed by atoms with Crippen molar-refractivity contribution in [1.29, 1.82) is 0 Å². The highest BCUT2D eigenvalue weighted by Gasteiger charge is 2.18. The second-order valence-corrected chi connectivity index (χ2v) is 4.89. The van der Waals surface area contributed by atoms with Crippen LogP contribution >= 0.6 is 23.7 Å². The molecule has 1 aromatic rings. The van der Waals surface area contributed by atoms with E-state index in [1.807, 2.05) is 13.8 Å². The lowest BCUT2D eigenvalue weighted by atomic mass is 10.1. The maximum absolute atomic E-state index is 11.9. The van der Waals surface area contributed by atoms with E-state index in [0.29, 0.717) is 6.54 Å². The predicted molar refractivity (Wildman–Crippen MR) is 73.5 cm³/mol.